The molecule has 7 heteroatoms. The molecule has 2 unspecified atom stereocenters. The number of amides is 2. The Labute approximate surface area is 199 Å². The van der Waals surface area contributed by atoms with E-state index >= 15 is 0 Å². The first-order valence-electron chi connectivity index (χ1n) is 11.8. The smallest absolute Gasteiger partial charge is 0.407 e. The summed E-state index contributed by atoms with van der Waals surface area (Å²) in [6.45, 7) is 0.364. The zero-order valence-electron chi connectivity index (χ0n) is 19.0. The number of benzene rings is 2. The van der Waals surface area contributed by atoms with Gasteiger partial charge >= 0.3 is 12.1 Å². The van der Waals surface area contributed by atoms with Gasteiger partial charge in [-0.1, -0.05) is 73.9 Å². The van der Waals surface area contributed by atoms with Gasteiger partial charge in [0.15, 0.2) is 0 Å². The minimum Gasteiger partial charge on any atom is -0.478 e. The number of aliphatic carboxylic acids is 1. The minimum absolute atomic E-state index is 0.0209. The average Bonchev–Trinajstić information content (AvgIpc) is 2.96. The summed E-state index contributed by atoms with van der Waals surface area (Å²) in [5, 5.41) is 14.4. The van der Waals surface area contributed by atoms with Crippen LogP contribution in [-0.2, 0) is 14.3 Å². The van der Waals surface area contributed by atoms with Gasteiger partial charge in [-0.15, -0.1) is 0 Å². The van der Waals surface area contributed by atoms with Gasteiger partial charge in [0, 0.05) is 24.6 Å². The van der Waals surface area contributed by atoms with Crippen molar-refractivity contribution < 1.29 is 24.2 Å². The maximum Gasteiger partial charge on any atom is 0.407 e. The van der Waals surface area contributed by atoms with Crippen molar-refractivity contribution in [1.82, 2.24) is 10.6 Å². The van der Waals surface area contributed by atoms with Crippen molar-refractivity contribution >= 4 is 18.0 Å². The summed E-state index contributed by atoms with van der Waals surface area (Å²) >= 11 is 0. The summed E-state index contributed by atoms with van der Waals surface area (Å²) in [5.74, 6) is -1.63. The molecule has 0 heterocycles. The van der Waals surface area contributed by atoms with E-state index in [-0.39, 0.29) is 36.9 Å². The molecule has 178 valence electrons. The van der Waals surface area contributed by atoms with E-state index in [1.807, 2.05) is 24.3 Å². The SMILES string of the molecule is O=C(O)/C=C/CNC(=O)C1CCCCCC1NC(=O)OCC1c2ccccc2-c2ccccc21. The van der Waals surface area contributed by atoms with Crippen molar-refractivity contribution in [2.24, 2.45) is 5.92 Å². The predicted octanol–water partition coefficient (Wildman–Crippen LogP) is 4.23. The Balaban J connectivity index is 1.37. The molecular weight excluding hydrogens is 432 g/mol. The number of carboxylic acids is 1. The lowest BCUT2D eigenvalue weighted by Crippen LogP contribution is -2.46. The maximum absolute atomic E-state index is 12.8. The van der Waals surface area contributed by atoms with Crippen molar-refractivity contribution in [3.05, 3.63) is 71.8 Å². The van der Waals surface area contributed by atoms with Gasteiger partial charge in [-0.05, 0) is 35.1 Å². The number of nitrogens with one attached hydrogen (secondary N) is 2. The van der Waals surface area contributed by atoms with Crippen LogP contribution in [0.1, 0.15) is 49.1 Å². The number of alkyl carbamates (subject to hydrolysis) is 1. The normalized spacial score (nSPS) is 19.6. The quantitative estimate of drug-likeness (QED) is 0.422. The number of hydrogen-bond donors (Lipinski definition) is 3. The third-order valence-corrected chi connectivity index (χ3v) is 6.65. The molecule has 4 rings (SSSR count). The molecule has 7 nitrogen and oxygen atoms in total. The number of hydrogen-bond acceptors (Lipinski definition) is 4. The van der Waals surface area contributed by atoms with E-state index < -0.39 is 12.1 Å². The molecule has 0 radical (unpaired) electrons. The Morgan fingerprint density at radius 3 is 2.26 bits per heavy atom. The van der Waals surface area contributed by atoms with Crippen LogP contribution in [0.15, 0.2) is 60.7 Å². The number of carbonyl (C=O) groups excluding carboxylic acids is 2. The van der Waals surface area contributed by atoms with E-state index in [0.29, 0.717) is 12.8 Å². The van der Waals surface area contributed by atoms with Crippen molar-refractivity contribution in [2.45, 2.75) is 44.1 Å². The molecule has 2 aromatic carbocycles. The molecule has 0 aromatic heterocycles. The molecule has 0 bridgehead atoms. The summed E-state index contributed by atoms with van der Waals surface area (Å²) in [4.78, 5) is 36.1. The fourth-order valence-corrected chi connectivity index (χ4v) is 5.04. The summed E-state index contributed by atoms with van der Waals surface area (Å²) in [6, 6.07) is 16.0. The van der Waals surface area contributed by atoms with Crippen LogP contribution in [0.25, 0.3) is 11.1 Å². The first-order chi connectivity index (χ1) is 16.5. The van der Waals surface area contributed by atoms with Crippen LogP contribution in [0.4, 0.5) is 4.79 Å². The molecule has 3 N–H and O–H groups in total. The van der Waals surface area contributed by atoms with E-state index in [0.717, 1.165) is 36.5 Å². The predicted molar refractivity (Wildman–Crippen MR) is 128 cm³/mol. The minimum atomic E-state index is -1.06. The fraction of sp³-hybridized carbons (Fsp3) is 0.370. The van der Waals surface area contributed by atoms with Crippen LogP contribution in [-0.4, -0.2) is 42.3 Å². The molecule has 2 atom stereocenters. The van der Waals surface area contributed by atoms with Gasteiger partial charge in [0.25, 0.3) is 0 Å². The topological polar surface area (TPSA) is 105 Å². The van der Waals surface area contributed by atoms with E-state index in [2.05, 4.69) is 34.9 Å². The second kappa shape index (κ2) is 11.0. The molecule has 0 spiro atoms. The standard InChI is InChI=1S/C27H30N2O5/c30-25(31)15-8-16-28-26(32)22-13-2-1-3-14-24(22)29-27(33)34-17-23-20-11-6-4-9-18(20)19-10-5-7-12-21(19)23/h4-12,15,22-24H,1-3,13-14,16-17H2,(H,28,32)(H,29,33)(H,30,31)/b15-8+. The third kappa shape index (κ3) is 5.47. The lowest BCUT2D eigenvalue weighted by Gasteiger charge is -2.25. The Morgan fingerprint density at radius 2 is 1.59 bits per heavy atom. The van der Waals surface area contributed by atoms with E-state index in [9.17, 15) is 14.4 Å². The first kappa shape index (κ1) is 23.5. The highest BCUT2D eigenvalue weighted by Crippen LogP contribution is 2.44. The number of ether oxygens (including phenoxy) is 1. The van der Waals surface area contributed by atoms with Crippen LogP contribution >= 0.6 is 0 Å². The molecule has 0 aliphatic heterocycles. The number of carboxylic acid groups (broad SMARTS) is 1. The lowest BCUT2D eigenvalue weighted by molar-refractivity contribution is -0.131. The highest BCUT2D eigenvalue weighted by molar-refractivity contribution is 5.82. The lowest BCUT2D eigenvalue weighted by atomic mass is 9.94. The Hall–Kier alpha value is -3.61. The monoisotopic (exact) mass is 462 g/mol. The molecule has 2 aromatic rings. The van der Waals surface area contributed by atoms with Crippen LogP contribution < -0.4 is 10.6 Å². The van der Waals surface area contributed by atoms with Gasteiger partial charge in [0.05, 0.1) is 5.92 Å². The zero-order valence-corrected chi connectivity index (χ0v) is 19.0. The largest absolute Gasteiger partial charge is 0.478 e. The highest BCUT2D eigenvalue weighted by atomic mass is 16.5. The summed E-state index contributed by atoms with van der Waals surface area (Å²) in [6.07, 6.45) is 6.09. The Morgan fingerprint density at radius 1 is 0.941 bits per heavy atom. The third-order valence-electron chi connectivity index (χ3n) is 6.65. The molecule has 2 aliphatic carbocycles. The molecule has 34 heavy (non-hydrogen) atoms. The van der Waals surface area contributed by atoms with Gasteiger partial charge in [0.1, 0.15) is 6.61 Å². The maximum atomic E-state index is 12.8. The first-order valence-corrected chi connectivity index (χ1v) is 11.8. The van der Waals surface area contributed by atoms with Gasteiger partial charge in [-0.3, -0.25) is 4.79 Å². The second-order valence-corrected chi connectivity index (χ2v) is 8.81. The summed E-state index contributed by atoms with van der Waals surface area (Å²) in [5.41, 5.74) is 4.64. The molecule has 1 fully saturated rings. The molecule has 2 aliphatic rings. The highest BCUT2D eigenvalue weighted by Gasteiger charge is 2.32. The average molecular weight is 463 g/mol. The van der Waals surface area contributed by atoms with Crippen LogP contribution in [0.2, 0.25) is 0 Å². The van der Waals surface area contributed by atoms with Crippen molar-refractivity contribution in [3.63, 3.8) is 0 Å². The summed E-state index contributed by atoms with van der Waals surface area (Å²) < 4.78 is 5.68. The molecule has 1 saturated carbocycles. The number of carbonyl (C=O) groups is 3. The van der Waals surface area contributed by atoms with E-state index in [1.165, 1.54) is 17.2 Å². The number of fused-ring (bicyclic) bond motifs is 3. The second-order valence-electron chi connectivity index (χ2n) is 8.81. The van der Waals surface area contributed by atoms with Crippen LogP contribution in [0.3, 0.4) is 0 Å². The van der Waals surface area contributed by atoms with E-state index in [4.69, 9.17) is 9.84 Å². The molecule has 2 amide bonds. The van der Waals surface area contributed by atoms with Crippen molar-refractivity contribution in [1.29, 1.82) is 0 Å². The summed E-state index contributed by atoms with van der Waals surface area (Å²) in [7, 11) is 0. The fourth-order valence-electron chi connectivity index (χ4n) is 5.04. The number of rotatable bonds is 7. The van der Waals surface area contributed by atoms with Gasteiger partial charge < -0.3 is 20.5 Å². The van der Waals surface area contributed by atoms with Crippen molar-refractivity contribution in [2.75, 3.05) is 13.2 Å². The van der Waals surface area contributed by atoms with Gasteiger partial charge in [-0.2, -0.15) is 0 Å². The van der Waals surface area contributed by atoms with Gasteiger partial charge in [-0.25, -0.2) is 9.59 Å². The van der Waals surface area contributed by atoms with Crippen molar-refractivity contribution in [3.8, 4) is 11.1 Å². The van der Waals surface area contributed by atoms with Crippen LogP contribution in [0.5, 0.6) is 0 Å². The zero-order chi connectivity index (χ0) is 23.9. The van der Waals surface area contributed by atoms with E-state index in [1.54, 1.807) is 0 Å². The van der Waals surface area contributed by atoms with Gasteiger partial charge in [0.2, 0.25) is 5.91 Å². The molecular formula is C27H30N2O5. The van der Waals surface area contributed by atoms with Crippen LogP contribution in [0, 0.1) is 5.92 Å². The Kier molecular flexibility index (Phi) is 7.62. The Bertz CT molecular complexity index is 1030. The molecule has 0 saturated heterocycles.